The quantitative estimate of drug-likeness (QED) is 0.785. The van der Waals surface area contributed by atoms with Crippen molar-refractivity contribution in [3.63, 3.8) is 0 Å². The zero-order chi connectivity index (χ0) is 11.3. The van der Waals surface area contributed by atoms with E-state index in [4.69, 9.17) is 11.6 Å². The fourth-order valence-corrected chi connectivity index (χ4v) is 1.58. The lowest BCUT2D eigenvalue weighted by atomic mass is 9.96. The van der Waals surface area contributed by atoms with Gasteiger partial charge in [0.05, 0.1) is 6.04 Å². The molecule has 82 valence electrons. The van der Waals surface area contributed by atoms with Gasteiger partial charge in [0.1, 0.15) is 5.88 Å². The Morgan fingerprint density at radius 2 is 1.93 bits per heavy atom. The number of rotatable bonds is 4. The third-order valence-corrected chi connectivity index (χ3v) is 2.51. The van der Waals surface area contributed by atoms with E-state index in [0.717, 1.165) is 5.56 Å². The van der Waals surface area contributed by atoms with Crippen molar-refractivity contribution in [3.8, 4) is 0 Å². The summed E-state index contributed by atoms with van der Waals surface area (Å²) < 4.78 is 0. The molecule has 1 N–H and O–H groups in total. The predicted molar refractivity (Wildman–Crippen MR) is 62.9 cm³/mol. The first kappa shape index (κ1) is 12.1. The van der Waals surface area contributed by atoms with Crippen LogP contribution in [0.15, 0.2) is 30.3 Å². The molecule has 2 nitrogen and oxygen atoms in total. The van der Waals surface area contributed by atoms with Gasteiger partial charge >= 0.3 is 0 Å². The van der Waals surface area contributed by atoms with E-state index in [1.165, 1.54) is 0 Å². The number of amides is 1. The van der Waals surface area contributed by atoms with E-state index in [0.29, 0.717) is 5.92 Å². The van der Waals surface area contributed by atoms with Gasteiger partial charge in [-0.2, -0.15) is 0 Å². The number of hydrogen-bond donors (Lipinski definition) is 1. The van der Waals surface area contributed by atoms with Crippen molar-refractivity contribution in [1.29, 1.82) is 0 Å². The molecule has 1 unspecified atom stereocenters. The smallest absolute Gasteiger partial charge is 0.235 e. The highest BCUT2D eigenvalue weighted by Crippen LogP contribution is 2.20. The Bertz CT molecular complexity index is 311. The lowest BCUT2D eigenvalue weighted by Crippen LogP contribution is -2.32. The lowest BCUT2D eigenvalue weighted by molar-refractivity contribution is -0.119. The van der Waals surface area contributed by atoms with Crippen molar-refractivity contribution < 1.29 is 4.79 Å². The Morgan fingerprint density at radius 3 is 2.40 bits per heavy atom. The molecule has 3 heteroatoms. The van der Waals surface area contributed by atoms with Crippen LogP contribution in [0.3, 0.4) is 0 Å². The molecule has 0 fully saturated rings. The van der Waals surface area contributed by atoms with Crippen LogP contribution in [0.4, 0.5) is 0 Å². The zero-order valence-electron chi connectivity index (χ0n) is 9.03. The molecule has 0 aromatic heterocycles. The van der Waals surface area contributed by atoms with Crippen LogP contribution in [-0.2, 0) is 4.79 Å². The van der Waals surface area contributed by atoms with Crippen LogP contribution < -0.4 is 5.32 Å². The Balaban J connectivity index is 2.79. The molecular weight excluding hydrogens is 210 g/mol. The molecule has 0 heterocycles. The first-order valence-electron chi connectivity index (χ1n) is 5.05. The van der Waals surface area contributed by atoms with Crippen LogP contribution in [0, 0.1) is 5.92 Å². The Hall–Kier alpha value is -1.02. The van der Waals surface area contributed by atoms with Gasteiger partial charge in [0.2, 0.25) is 5.91 Å². The minimum atomic E-state index is -0.126. The molecule has 1 aromatic carbocycles. The van der Waals surface area contributed by atoms with E-state index in [2.05, 4.69) is 19.2 Å². The van der Waals surface area contributed by atoms with E-state index in [9.17, 15) is 4.79 Å². The molecule has 0 radical (unpaired) electrons. The maximum absolute atomic E-state index is 11.3. The highest BCUT2D eigenvalue weighted by molar-refractivity contribution is 6.27. The van der Waals surface area contributed by atoms with Crippen molar-refractivity contribution in [1.82, 2.24) is 5.32 Å². The van der Waals surface area contributed by atoms with Gasteiger partial charge in [0.25, 0.3) is 0 Å². The average Bonchev–Trinajstić information content (AvgIpc) is 2.26. The standard InChI is InChI=1S/C12H16ClNO/c1-9(2)12(14-11(15)8-13)10-6-4-3-5-7-10/h3-7,9,12H,8H2,1-2H3,(H,14,15). The average molecular weight is 226 g/mol. The number of alkyl halides is 1. The molecule has 0 aliphatic carbocycles. The molecule has 1 amide bonds. The number of benzene rings is 1. The van der Waals surface area contributed by atoms with Crippen molar-refractivity contribution >= 4 is 17.5 Å². The summed E-state index contributed by atoms with van der Waals surface area (Å²) in [6, 6.07) is 9.97. The topological polar surface area (TPSA) is 29.1 Å². The second-order valence-corrected chi connectivity index (χ2v) is 4.10. The first-order valence-corrected chi connectivity index (χ1v) is 5.59. The number of carbonyl (C=O) groups excluding carboxylic acids is 1. The number of carbonyl (C=O) groups is 1. The molecule has 0 bridgehead atoms. The summed E-state index contributed by atoms with van der Waals surface area (Å²) in [4.78, 5) is 11.3. The van der Waals surface area contributed by atoms with Crippen molar-refractivity contribution in [3.05, 3.63) is 35.9 Å². The van der Waals surface area contributed by atoms with Crippen molar-refractivity contribution in [2.75, 3.05) is 5.88 Å². The largest absolute Gasteiger partial charge is 0.348 e. The fraction of sp³-hybridized carbons (Fsp3) is 0.417. The van der Waals surface area contributed by atoms with E-state index >= 15 is 0 Å². The molecule has 0 saturated heterocycles. The minimum absolute atomic E-state index is 0.00997. The van der Waals surface area contributed by atoms with E-state index in [-0.39, 0.29) is 17.8 Å². The lowest BCUT2D eigenvalue weighted by Gasteiger charge is -2.22. The number of nitrogens with one attached hydrogen (secondary N) is 1. The second-order valence-electron chi connectivity index (χ2n) is 3.83. The number of hydrogen-bond acceptors (Lipinski definition) is 1. The summed E-state index contributed by atoms with van der Waals surface area (Å²) in [5.74, 6) is 0.231. The monoisotopic (exact) mass is 225 g/mol. The molecule has 1 rings (SSSR count). The summed E-state index contributed by atoms with van der Waals surface area (Å²) in [5.41, 5.74) is 1.12. The van der Waals surface area contributed by atoms with Crippen molar-refractivity contribution in [2.24, 2.45) is 5.92 Å². The van der Waals surface area contributed by atoms with Gasteiger partial charge in [0, 0.05) is 0 Å². The second kappa shape index (κ2) is 5.76. The first-order chi connectivity index (χ1) is 7.15. The Morgan fingerprint density at radius 1 is 1.33 bits per heavy atom. The van der Waals surface area contributed by atoms with Gasteiger partial charge in [-0.1, -0.05) is 44.2 Å². The summed E-state index contributed by atoms with van der Waals surface area (Å²) in [5, 5.41) is 2.91. The Kier molecular flexibility index (Phi) is 4.63. The predicted octanol–water partition coefficient (Wildman–Crippen LogP) is 2.74. The molecule has 1 aromatic rings. The van der Waals surface area contributed by atoms with Gasteiger partial charge in [-0.25, -0.2) is 0 Å². The van der Waals surface area contributed by atoms with Gasteiger partial charge in [0.15, 0.2) is 0 Å². The molecule has 0 aliphatic rings. The van der Waals surface area contributed by atoms with Crippen LogP contribution in [0.1, 0.15) is 25.5 Å². The molecule has 0 saturated carbocycles. The highest BCUT2D eigenvalue weighted by atomic mass is 35.5. The van der Waals surface area contributed by atoms with Crippen LogP contribution in [0.2, 0.25) is 0 Å². The summed E-state index contributed by atoms with van der Waals surface area (Å²) in [6.45, 7) is 4.15. The Labute approximate surface area is 95.6 Å². The maximum atomic E-state index is 11.3. The molecular formula is C12H16ClNO. The third kappa shape index (κ3) is 3.56. The summed E-state index contributed by atoms with van der Waals surface area (Å²) in [6.07, 6.45) is 0. The third-order valence-electron chi connectivity index (χ3n) is 2.26. The fourth-order valence-electron chi connectivity index (χ4n) is 1.51. The zero-order valence-corrected chi connectivity index (χ0v) is 9.79. The van der Waals surface area contributed by atoms with Gasteiger partial charge in [-0.05, 0) is 11.5 Å². The van der Waals surface area contributed by atoms with Crippen LogP contribution >= 0.6 is 11.6 Å². The normalized spacial score (nSPS) is 12.5. The molecule has 15 heavy (non-hydrogen) atoms. The van der Waals surface area contributed by atoms with Crippen LogP contribution in [0.25, 0.3) is 0 Å². The van der Waals surface area contributed by atoms with Crippen LogP contribution in [-0.4, -0.2) is 11.8 Å². The van der Waals surface area contributed by atoms with Crippen molar-refractivity contribution in [2.45, 2.75) is 19.9 Å². The number of halogens is 1. The van der Waals surface area contributed by atoms with E-state index in [1.807, 2.05) is 30.3 Å². The SMILES string of the molecule is CC(C)C(NC(=O)CCl)c1ccccc1. The summed E-state index contributed by atoms with van der Waals surface area (Å²) in [7, 11) is 0. The molecule has 0 spiro atoms. The van der Waals surface area contributed by atoms with Gasteiger partial charge in [-0.15, -0.1) is 11.6 Å². The van der Waals surface area contributed by atoms with E-state index in [1.54, 1.807) is 0 Å². The maximum Gasteiger partial charge on any atom is 0.235 e. The van der Waals surface area contributed by atoms with Gasteiger partial charge < -0.3 is 5.32 Å². The minimum Gasteiger partial charge on any atom is -0.348 e. The van der Waals surface area contributed by atoms with Crippen LogP contribution in [0.5, 0.6) is 0 Å². The van der Waals surface area contributed by atoms with Gasteiger partial charge in [-0.3, -0.25) is 4.79 Å². The summed E-state index contributed by atoms with van der Waals surface area (Å²) >= 11 is 5.48. The van der Waals surface area contributed by atoms with E-state index < -0.39 is 0 Å². The molecule has 1 atom stereocenters. The molecule has 0 aliphatic heterocycles. The highest BCUT2D eigenvalue weighted by Gasteiger charge is 2.17.